The molecule has 1 heterocycles. The number of halogens is 1. The van der Waals surface area contributed by atoms with E-state index >= 15 is 0 Å². The molecule has 3 rings (SSSR count). The maximum atomic E-state index is 13.5. The normalized spacial score (nSPS) is 25.4. The Labute approximate surface area is 161 Å². The molecule has 27 heavy (non-hydrogen) atoms. The lowest BCUT2D eigenvalue weighted by Crippen LogP contribution is -2.46. The fraction of sp³-hybridized carbons (Fsp3) is 0.478. The number of rotatable bonds is 7. The summed E-state index contributed by atoms with van der Waals surface area (Å²) < 4.78 is 19.5. The average molecular weight is 371 g/mol. The third kappa shape index (κ3) is 4.69. The maximum absolute atomic E-state index is 13.5. The molecular formula is C23H30FNO2. The Balaban J connectivity index is 1.72. The summed E-state index contributed by atoms with van der Waals surface area (Å²) in [5, 5.41) is 13.4. The zero-order valence-corrected chi connectivity index (χ0v) is 16.3. The van der Waals surface area contributed by atoms with Crippen molar-refractivity contribution in [3.8, 4) is 5.75 Å². The topological polar surface area (TPSA) is 41.5 Å². The van der Waals surface area contributed by atoms with Crippen LogP contribution in [0.25, 0.3) is 0 Å². The highest BCUT2D eigenvalue weighted by atomic mass is 19.1. The monoisotopic (exact) mass is 371 g/mol. The van der Waals surface area contributed by atoms with Crippen molar-refractivity contribution in [3.63, 3.8) is 0 Å². The Kier molecular flexibility index (Phi) is 6.18. The lowest BCUT2D eigenvalue weighted by atomic mass is 9.66. The fourth-order valence-corrected chi connectivity index (χ4v) is 4.19. The molecule has 2 aromatic carbocycles. The third-order valence-electron chi connectivity index (χ3n) is 6.04. The van der Waals surface area contributed by atoms with E-state index in [1.165, 1.54) is 5.56 Å². The van der Waals surface area contributed by atoms with Gasteiger partial charge in [-0.2, -0.15) is 0 Å². The minimum atomic E-state index is -0.197. The van der Waals surface area contributed by atoms with Gasteiger partial charge in [-0.1, -0.05) is 37.3 Å². The fourth-order valence-electron chi connectivity index (χ4n) is 4.19. The van der Waals surface area contributed by atoms with Crippen molar-refractivity contribution in [2.24, 2.45) is 0 Å². The predicted molar refractivity (Wildman–Crippen MR) is 106 cm³/mol. The lowest BCUT2D eigenvalue weighted by molar-refractivity contribution is -0.0979. The quantitative estimate of drug-likeness (QED) is 0.678. The van der Waals surface area contributed by atoms with Crippen LogP contribution in [-0.4, -0.2) is 23.9 Å². The highest BCUT2D eigenvalue weighted by Crippen LogP contribution is 2.45. The SMILES string of the molecule is CC[C@]1(C)C[C@](CCNCc2ccccc2O)(c2ccc(F)cc2)CCO1. The molecule has 2 N–H and O–H groups in total. The molecule has 0 unspecified atom stereocenters. The number of hydrogen-bond acceptors (Lipinski definition) is 3. The Morgan fingerprint density at radius 3 is 2.59 bits per heavy atom. The van der Waals surface area contributed by atoms with Gasteiger partial charge < -0.3 is 15.2 Å². The van der Waals surface area contributed by atoms with Crippen LogP contribution in [0, 0.1) is 5.82 Å². The van der Waals surface area contributed by atoms with Gasteiger partial charge in [0.25, 0.3) is 0 Å². The number of hydrogen-bond donors (Lipinski definition) is 2. The number of phenols is 1. The van der Waals surface area contributed by atoms with Gasteiger partial charge in [0.15, 0.2) is 0 Å². The second-order valence-corrected chi connectivity index (χ2v) is 7.92. The van der Waals surface area contributed by atoms with E-state index in [-0.39, 0.29) is 16.8 Å². The number of phenolic OH excluding ortho intramolecular Hbond substituents is 1. The summed E-state index contributed by atoms with van der Waals surface area (Å²) in [6, 6.07) is 14.4. The summed E-state index contributed by atoms with van der Waals surface area (Å²) in [5.74, 6) is 0.125. The molecule has 1 fully saturated rings. The van der Waals surface area contributed by atoms with Crippen LogP contribution in [-0.2, 0) is 16.7 Å². The van der Waals surface area contributed by atoms with Crippen molar-refractivity contribution in [3.05, 3.63) is 65.5 Å². The van der Waals surface area contributed by atoms with Crippen LogP contribution in [0.1, 0.15) is 50.7 Å². The number of benzene rings is 2. The molecule has 0 spiro atoms. The van der Waals surface area contributed by atoms with E-state index < -0.39 is 0 Å². The average Bonchev–Trinajstić information content (AvgIpc) is 2.67. The van der Waals surface area contributed by atoms with E-state index in [9.17, 15) is 9.50 Å². The molecule has 0 amide bonds. The van der Waals surface area contributed by atoms with Crippen molar-refractivity contribution in [1.29, 1.82) is 0 Å². The van der Waals surface area contributed by atoms with Crippen molar-refractivity contribution < 1.29 is 14.2 Å². The molecule has 0 radical (unpaired) electrons. The molecule has 146 valence electrons. The summed E-state index contributed by atoms with van der Waals surface area (Å²) in [4.78, 5) is 0. The van der Waals surface area contributed by atoms with Gasteiger partial charge in [0.05, 0.1) is 5.60 Å². The van der Waals surface area contributed by atoms with Crippen molar-refractivity contribution in [2.75, 3.05) is 13.2 Å². The molecule has 2 aromatic rings. The van der Waals surface area contributed by atoms with Crippen LogP contribution in [0.4, 0.5) is 4.39 Å². The molecular weight excluding hydrogens is 341 g/mol. The minimum Gasteiger partial charge on any atom is -0.508 e. The zero-order valence-electron chi connectivity index (χ0n) is 16.3. The van der Waals surface area contributed by atoms with Crippen molar-refractivity contribution in [1.82, 2.24) is 5.32 Å². The second kappa shape index (κ2) is 8.41. The maximum Gasteiger partial charge on any atom is 0.123 e. The molecule has 0 aliphatic carbocycles. The van der Waals surface area contributed by atoms with Crippen LogP contribution in [0.5, 0.6) is 5.75 Å². The Morgan fingerprint density at radius 1 is 1.15 bits per heavy atom. The summed E-state index contributed by atoms with van der Waals surface area (Å²) in [5.41, 5.74) is 1.92. The van der Waals surface area contributed by atoms with Gasteiger partial charge in [-0.3, -0.25) is 0 Å². The van der Waals surface area contributed by atoms with E-state index in [4.69, 9.17) is 4.74 Å². The molecule has 0 bridgehead atoms. The first-order chi connectivity index (χ1) is 13.0. The number of nitrogens with one attached hydrogen (secondary N) is 1. The zero-order chi connectivity index (χ0) is 19.3. The number of para-hydroxylation sites is 1. The molecule has 4 heteroatoms. The van der Waals surface area contributed by atoms with E-state index in [0.717, 1.165) is 44.4 Å². The molecule has 0 saturated carbocycles. The molecule has 1 saturated heterocycles. The third-order valence-corrected chi connectivity index (χ3v) is 6.04. The highest BCUT2D eigenvalue weighted by Gasteiger charge is 2.43. The molecule has 1 aliphatic heterocycles. The second-order valence-electron chi connectivity index (χ2n) is 7.92. The van der Waals surface area contributed by atoms with Gasteiger partial charge in [-0.05, 0) is 62.9 Å². The molecule has 2 atom stereocenters. The van der Waals surface area contributed by atoms with Gasteiger partial charge in [-0.25, -0.2) is 4.39 Å². The lowest BCUT2D eigenvalue weighted by Gasteiger charge is -2.47. The van der Waals surface area contributed by atoms with Crippen LogP contribution in [0.3, 0.4) is 0 Å². The van der Waals surface area contributed by atoms with Crippen molar-refractivity contribution >= 4 is 0 Å². The Hall–Kier alpha value is -1.91. The van der Waals surface area contributed by atoms with Gasteiger partial charge in [0.1, 0.15) is 11.6 Å². The van der Waals surface area contributed by atoms with E-state index in [0.29, 0.717) is 12.3 Å². The predicted octanol–water partition coefficient (Wildman–Crippen LogP) is 4.93. The van der Waals surface area contributed by atoms with Crippen LogP contribution >= 0.6 is 0 Å². The van der Waals surface area contributed by atoms with E-state index in [1.54, 1.807) is 18.2 Å². The standard InChI is InChI=1S/C23H30FNO2/c1-3-22(2)17-23(13-15-27-22,19-8-10-20(24)11-9-19)12-14-25-16-18-6-4-5-7-21(18)26/h4-11,25-26H,3,12-17H2,1-2H3/t22-,23-/m1/s1. The van der Waals surface area contributed by atoms with Crippen LogP contribution < -0.4 is 5.32 Å². The van der Waals surface area contributed by atoms with Crippen molar-refractivity contribution in [2.45, 2.75) is 57.1 Å². The van der Waals surface area contributed by atoms with Gasteiger partial charge >= 0.3 is 0 Å². The highest BCUT2D eigenvalue weighted by molar-refractivity contribution is 5.31. The summed E-state index contributed by atoms with van der Waals surface area (Å²) in [6.45, 7) is 6.53. The van der Waals surface area contributed by atoms with Crippen LogP contribution in [0.2, 0.25) is 0 Å². The Bertz CT molecular complexity index is 748. The molecule has 3 nitrogen and oxygen atoms in total. The number of aromatic hydroxyl groups is 1. The van der Waals surface area contributed by atoms with E-state index in [2.05, 4.69) is 19.2 Å². The summed E-state index contributed by atoms with van der Waals surface area (Å²) >= 11 is 0. The summed E-state index contributed by atoms with van der Waals surface area (Å²) in [6.07, 6.45) is 3.78. The first kappa shape index (κ1) is 19.8. The first-order valence-corrected chi connectivity index (χ1v) is 9.84. The molecule has 0 aromatic heterocycles. The first-order valence-electron chi connectivity index (χ1n) is 9.84. The Morgan fingerprint density at radius 2 is 1.89 bits per heavy atom. The minimum absolute atomic E-state index is 0.0254. The van der Waals surface area contributed by atoms with Gasteiger partial charge in [0.2, 0.25) is 0 Å². The van der Waals surface area contributed by atoms with Gasteiger partial charge in [-0.15, -0.1) is 0 Å². The van der Waals surface area contributed by atoms with E-state index in [1.807, 2.05) is 30.3 Å². The summed E-state index contributed by atoms with van der Waals surface area (Å²) in [7, 11) is 0. The van der Waals surface area contributed by atoms with Gasteiger partial charge in [0, 0.05) is 24.1 Å². The smallest absolute Gasteiger partial charge is 0.123 e. The number of ether oxygens (including phenoxy) is 1. The van der Waals surface area contributed by atoms with Crippen LogP contribution in [0.15, 0.2) is 48.5 Å². The molecule has 1 aliphatic rings. The largest absolute Gasteiger partial charge is 0.508 e.